The lowest BCUT2D eigenvalue weighted by Gasteiger charge is -2.07. The van der Waals surface area contributed by atoms with Gasteiger partial charge in [-0.15, -0.1) is 0 Å². The quantitative estimate of drug-likeness (QED) is 0.288. The van der Waals surface area contributed by atoms with Crippen LogP contribution >= 0.6 is 0 Å². The molecule has 4 aromatic rings. The molecule has 28 heavy (non-hydrogen) atoms. The Kier molecular flexibility index (Phi) is 5.38. The zero-order valence-corrected chi connectivity index (χ0v) is 15.9. The maximum absolute atomic E-state index is 11.3. The van der Waals surface area contributed by atoms with Crippen molar-refractivity contribution in [2.75, 3.05) is 0 Å². The molecule has 0 saturated heterocycles. The summed E-state index contributed by atoms with van der Waals surface area (Å²) in [7, 11) is 0. The number of nitrogens with zero attached hydrogens (tertiary/aromatic N) is 2. The van der Waals surface area contributed by atoms with E-state index in [1.165, 1.54) is 0 Å². The molecule has 2 aromatic heterocycles. The van der Waals surface area contributed by atoms with Crippen LogP contribution in [0.1, 0.15) is 46.4 Å². The Morgan fingerprint density at radius 1 is 0.607 bits per heavy atom. The summed E-state index contributed by atoms with van der Waals surface area (Å²) in [6.07, 6.45) is 10.3. The summed E-state index contributed by atoms with van der Waals surface area (Å²) >= 11 is 0. The van der Waals surface area contributed by atoms with Gasteiger partial charge in [-0.1, -0.05) is 49.2 Å². The molecule has 142 valence electrons. The zero-order valence-electron chi connectivity index (χ0n) is 15.9. The first-order valence-electron chi connectivity index (χ1n) is 9.88. The fourth-order valence-corrected chi connectivity index (χ4v) is 4.03. The van der Waals surface area contributed by atoms with E-state index in [0.29, 0.717) is 0 Å². The number of aromatic nitrogens is 2. The zero-order chi connectivity index (χ0) is 19.3. The number of hydrogen-bond acceptors (Lipinski definition) is 2. The van der Waals surface area contributed by atoms with E-state index in [1.807, 2.05) is 48.8 Å². The van der Waals surface area contributed by atoms with Gasteiger partial charge in [0.15, 0.2) is 12.6 Å². The van der Waals surface area contributed by atoms with Crippen LogP contribution in [0.25, 0.3) is 21.8 Å². The third kappa shape index (κ3) is 3.50. The average molecular weight is 372 g/mol. The van der Waals surface area contributed by atoms with E-state index in [4.69, 9.17) is 0 Å². The van der Waals surface area contributed by atoms with Crippen molar-refractivity contribution in [1.82, 2.24) is 9.13 Å². The van der Waals surface area contributed by atoms with Crippen LogP contribution in [-0.2, 0) is 13.1 Å². The number of aryl methyl sites for hydroxylation is 2. The Labute approximate surface area is 164 Å². The van der Waals surface area contributed by atoms with Crippen LogP contribution in [0, 0.1) is 0 Å². The van der Waals surface area contributed by atoms with Gasteiger partial charge >= 0.3 is 0 Å². The lowest BCUT2D eigenvalue weighted by Crippen LogP contribution is -1.98. The van der Waals surface area contributed by atoms with Gasteiger partial charge in [-0.2, -0.15) is 0 Å². The largest absolute Gasteiger partial charge is 0.347 e. The van der Waals surface area contributed by atoms with E-state index in [0.717, 1.165) is 84.3 Å². The van der Waals surface area contributed by atoms with Gasteiger partial charge in [0.05, 0.1) is 0 Å². The van der Waals surface area contributed by atoms with Crippen LogP contribution in [0.5, 0.6) is 0 Å². The number of fused-ring (bicyclic) bond motifs is 2. The minimum absolute atomic E-state index is 0.765. The van der Waals surface area contributed by atoms with E-state index < -0.39 is 0 Å². The molecular weight excluding hydrogens is 348 g/mol. The topological polar surface area (TPSA) is 44.0 Å². The molecule has 0 N–H and O–H groups in total. The van der Waals surface area contributed by atoms with Crippen molar-refractivity contribution in [3.05, 3.63) is 72.1 Å². The monoisotopic (exact) mass is 372 g/mol. The summed E-state index contributed by atoms with van der Waals surface area (Å²) in [5.41, 5.74) is 3.79. The van der Waals surface area contributed by atoms with Gasteiger partial charge in [0, 0.05) is 58.4 Å². The third-order valence-electron chi connectivity index (χ3n) is 5.44. The highest BCUT2D eigenvalue weighted by molar-refractivity contribution is 5.98. The van der Waals surface area contributed by atoms with Gasteiger partial charge in [-0.25, -0.2) is 0 Å². The number of aldehydes is 2. The molecular formula is C24H24N2O2. The van der Waals surface area contributed by atoms with E-state index in [9.17, 15) is 9.59 Å². The van der Waals surface area contributed by atoms with Crippen LogP contribution in [0.2, 0.25) is 0 Å². The molecule has 4 nitrogen and oxygen atoms in total. The summed E-state index contributed by atoms with van der Waals surface area (Å²) in [4.78, 5) is 22.5. The number of rotatable bonds is 9. The van der Waals surface area contributed by atoms with Crippen molar-refractivity contribution in [2.45, 2.75) is 38.8 Å². The molecule has 2 aromatic carbocycles. The molecule has 0 atom stereocenters. The molecule has 2 heterocycles. The smallest absolute Gasteiger partial charge is 0.152 e. The van der Waals surface area contributed by atoms with E-state index in [-0.39, 0.29) is 0 Å². The summed E-state index contributed by atoms with van der Waals surface area (Å²) < 4.78 is 4.38. The summed E-state index contributed by atoms with van der Waals surface area (Å²) in [6, 6.07) is 16.1. The van der Waals surface area contributed by atoms with Crippen LogP contribution in [0.3, 0.4) is 0 Å². The van der Waals surface area contributed by atoms with Crippen molar-refractivity contribution < 1.29 is 9.59 Å². The van der Waals surface area contributed by atoms with Crippen molar-refractivity contribution in [1.29, 1.82) is 0 Å². The Hall–Kier alpha value is -3.14. The average Bonchev–Trinajstić information content (AvgIpc) is 3.29. The van der Waals surface area contributed by atoms with E-state index in [2.05, 4.69) is 21.3 Å². The predicted molar refractivity (Wildman–Crippen MR) is 113 cm³/mol. The SMILES string of the molecule is O=Cc1cn(CCCCCCn2cc(C=O)c3ccccc32)c2ccccc12. The fraction of sp³-hybridized carbons (Fsp3) is 0.250. The van der Waals surface area contributed by atoms with Gasteiger partial charge in [0.25, 0.3) is 0 Å². The first-order valence-corrected chi connectivity index (χ1v) is 9.88. The van der Waals surface area contributed by atoms with Gasteiger partial charge < -0.3 is 9.13 Å². The van der Waals surface area contributed by atoms with Crippen LogP contribution < -0.4 is 0 Å². The molecule has 4 rings (SSSR count). The maximum Gasteiger partial charge on any atom is 0.152 e. The molecule has 0 aliphatic rings. The second-order valence-electron chi connectivity index (χ2n) is 7.24. The van der Waals surface area contributed by atoms with E-state index in [1.54, 1.807) is 0 Å². The van der Waals surface area contributed by atoms with Crippen molar-refractivity contribution in [3.8, 4) is 0 Å². The lowest BCUT2D eigenvalue weighted by atomic mass is 10.2. The maximum atomic E-state index is 11.3. The lowest BCUT2D eigenvalue weighted by molar-refractivity contribution is 0.111. The molecule has 0 aliphatic carbocycles. The Morgan fingerprint density at radius 2 is 1.04 bits per heavy atom. The molecule has 0 radical (unpaired) electrons. The number of hydrogen-bond donors (Lipinski definition) is 0. The molecule has 0 fully saturated rings. The second-order valence-corrected chi connectivity index (χ2v) is 7.24. The summed E-state index contributed by atoms with van der Waals surface area (Å²) in [5, 5.41) is 2.06. The van der Waals surface area contributed by atoms with Gasteiger partial charge in [0.1, 0.15) is 0 Å². The molecule has 0 bridgehead atoms. The van der Waals surface area contributed by atoms with Crippen molar-refractivity contribution in [3.63, 3.8) is 0 Å². The normalized spacial score (nSPS) is 11.3. The minimum atomic E-state index is 0.765. The first-order chi connectivity index (χ1) is 13.8. The number of carbonyl (C=O) groups excluding carboxylic acids is 2. The highest BCUT2D eigenvalue weighted by Crippen LogP contribution is 2.22. The summed E-state index contributed by atoms with van der Waals surface area (Å²) in [6.45, 7) is 1.85. The van der Waals surface area contributed by atoms with Crippen molar-refractivity contribution in [2.24, 2.45) is 0 Å². The second kappa shape index (κ2) is 8.26. The predicted octanol–water partition coefficient (Wildman–Crippen LogP) is 5.48. The molecule has 0 amide bonds. The Morgan fingerprint density at radius 3 is 1.46 bits per heavy atom. The highest BCUT2D eigenvalue weighted by Gasteiger charge is 2.08. The Balaban J connectivity index is 1.30. The third-order valence-corrected chi connectivity index (χ3v) is 5.44. The van der Waals surface area contributed by atoms with Gasteiger partial charge in [-0.3, -0.25) is 9.59 Å². The van der Waals surface area contributed by atoms with E-state index >= 15 is 0 Å². The van der Waals surface area contributed by atoms with Crippen LogP contribution in [-0.4, -0.2) is 21.7 Å². The fourth-order valence-electron chi connectivity index (χ4n) is 4.03. The summed E-state index contributed by atoms with van der Waals surface area (Å²) in [5.74, 6) is 0. The minimum Gasteiger partial charge on any atom is -0.347 e. The number of para-hydroxylation sites is 2. The number of carbonyl (C=O) groups is 2. The van der Waals surface area contributed by atoms with Crippen LogP contribution in [0.4, 0.5) is 0 Å². The van der Waals surface area contributed by atoms with Crippen LogP contribution in [0.15, 0.2) is 60.9 Å². The highest BCUT2D eigenvalue weighted by atomic mass is 16.1. The standard InChI is InChI=1S/C24H24N2O2/c27-17-19-15-25(23-11-5-3-9-21(19)23)13-7-1-2-8-14-26-16-20(18-28)22-10-4-6-12-24(22)26/h3-6,9-12,15-18H,1-2,7-8,13-14H2. The first kappa shape index (κ1) is 18.2. The van der Waals surface area contributed by atoms with Gasteiger partial charge in [-0.05, 0) is 25.0 Å². The molecule has 0 aliphatic heterocycles. The number of unbranched alkanes of at least 4 members (excludes halogenated alkanes) is 3. The number of benzene rings is 2. The Bertz CT molecular complexity index is 1030. The van der Waals surface area contributed by atoms with Crippen molar-refractivity contribution >= 4 is 34.4 Å². The molecule has 0 spiro atoms. The molecule has 0 saturated carbocycles. The molecule has 0 unspecified atom stereocenters. The molecule has 4 heteroatoms. The van der Waals surface area contributed by atoms with Gasteiger partial charge in [0.2, 0.25) is 0 Å².